The van der Waals surface area contributed by atoms with Crippen molar-refractivity contribution in [2.24, 2.45) is 5.92 Å². The summed E-state index contributed by atoms with van der Waals surface area (Å²) in [5.74, 6) is 0.973. The van der Waals surface area contributed by atoms with Crippen LogP contribution >= 0.6 is 11.6 Å². The molecule has 0 saturated carbocycles. The largest absolute Gasteiger partial charge is 0.484 e. The van der Waals surface area contributed by atoms with Crippen LogP contribution in [0, 0.1) is 19.8 Å². The Bertz CT molecular complexity index is 466. The maximum absolute atomic E-state index is 11.8. The fraction of sp³-hybridized carbons (Fsp3) is 0.562. The van der Waals surface area contributed by atoms with E-state index in [1.807, 2.05) is 40.1 Å². The second-order valence-electron chi connectivity index (χ2n) is 5.83. The summed E-state index contributed by atoms with van der Waals surface area (Å²) < 4.78 is 5.52. The van der Waals surface area contributed by atoms with Crippen LogP contribution < -0.4 is 10.1 Å². The molecule has 118 valence electrons. The highest BCUT2D eigenvalue weighted by Crippen LogP contribution is 2.25. The van der Waals surface area contributed by atoms with E-state index in [0.29, 0.717) is 18.2 Å². The van der Waals surface area contributed by atoms with Crippen LogP contribution in [-0.4, -0.2) is 44.6 Å². The number of hydrogen-bond donors (Lipinski definition) is 1. The van der Waals surface area contributed by atoms with Crippen molar-refractivity contribution in [3.63, 3.8) is 0 Å². The monoisotopic (exact) mass is 312 g/mol. The maximum atomic E-state index is 11.8. The van der Waals surface area contributed by atoms with E-state index in [0.717, 1.165) is 22.7 Å². The molecule has 4 nitrogen and oxygen atoms in total. The van der Waals surface area contributed by atoms with Crippen molar-refractivity contribution in [3.8, 4) is 5.75 Å². The summed E-state index contributed by atoms with van der Waals surface area (Å²) in [6.07, 6.45) is 0. The molecule has 0 bridgehead atoms. The van der Waals surface area contributed by atoms with Crippen LogP contribution in [0.2, 0.25) is 5.02 Å². The lowest BCUT2D eigenvalue weighted by Crippen LogP contribution is -2.35. The summed E-state index contributed by atoms with van der Waals surface area (Å²) in [6, 6.07) is 3.69. The lowest BCUT2D eigenvalue weighted by molar-refractivity contribution is -0.123. The van der Waals surface area contributed by atoms with Crippen molar-refractivity contribution in [1.82, 2.24) is 10.2 Å². The molecule has 0 aliphatic carbocycles. The number of amides is 1. The Morgan fingerprint density at radius 2 is 1.90 bits per heavy atom. The number of aryl methyl sites for hydroxylation is 2. The molecule has 1 aromatic rings. The van der Waals surface area contributed by atoms with Crippen molar-refractivity contribution >= 4 is 17.5 Å². The smallest absolute Gasteiger partial charge is 0.257 e. The number of carbonyl (C=O) groups excluding carboxylic acids is 1. The average molecular weight is 313 g/mol. The highest BCUT2D eigenvalue weighted by atomic mass is 35.5. The van der Waals surface area contributed by atoms with Gasteiger partial charge >= 0.3 is 0 Å². The Kier molecular flexibility index (Phi) is 6.99. The van der Waals surface area contributed by atoms with Crippen LogP contribution in [0.3, 0.4) is 0 Å². The number of rotatable bonds is 7. The number of nitrogens with one attached hydrogen (secondary N) is 1. The first-order valence-corrected chi connectivity index (χ1v) is 7.48. The van der Waals surface area contributed by atoms with E-state index >= 15 is 0 Å². The van der Waals surface area contributed by atoms with Crippen LogP contribution in [0.5, 0.6) is 5.75 Å². The molecule has 1 amide bonds. The van der Waals surface area contributed by atoms with Gasteiger partial charge in [-0.2, -0.15) is 0 Å². The van der Waals surface area contributed by atoms with Crippen LogP contribution in [0.1, 0.15) is 18.1 Å². The van der Waals surface area contributed by atoms with Gasteiger partial charge in [0.15, 0.2) is 6.61 Å². The standard InChI is InChI=1S/C16H25ClN2O2/c1-11(9-19(4)5)8-18-15(20)10-21-14-6-12(2)16(17)13(3)7-14/h6-7,11H,8-10H2,1-5H3,(H,18,20). The molecule has 1 N–H and O–H groups in total. The Morgan fingerprint density at radius 1 is 1.33 bits per heavy atom. The molecular weight excluding hydrogens is 288 g/mol. The molecule has 21 heavy (non-hydrogen) atoms. The maximum Gasteiger partial charge on any atom is 0.257 e. The Morgan fingerprint density at radius 3 is 2.43 bits per heavy atom. The van der Waals surface area contributed by atoms with Gasteiger partial charge < -0.3 is 15.0 Å². The van der Waals surface area contributed by atoms with E-state index in [-0.39, 0.29) is 12.5 Å². The van der Waals surface area contributed by atoms with E-state index in [1.165, 1.54) is 0 Å². The highest BCUT2D eigenvalue weighted by Gasteiger charge is 2.08. The molecule has 0 spiro atoms. The predicted molar refractivity (Wildman–Crippen MR) is 87.1 cm³/mol. The molecule has 0 fully saturated rings. The van der Waals surface area contributed by atoms with Gasteiger partial charge in [0, 0.05) is 18.1 Å². The fourth-order valence-corrected chi connectivity index (χ4v) is 2.27. The van der Waals surface area contributed by atoms with Crippen molar-refractivity contribution in [2.75, 3.05) is 33.8 Å². The zero-order valence-electron chi connectivity index (χ0n) is 13.5. The Hall–Kier alpha value is -1.26. The molecule has 0 radical (unpaired) electrons. The normalized spacial score (nSPS) is 12.3. The van der Waals surface area contributed by atoms with E-state index in [4.69, 9.17) is 16.3 Å². The van der Waals surface area contributed by atoms with Gasteiger partial charge in [0.25, 0.3) is 5.91 Å². The number of hydrogen-bond acceptors (Lipinski definition) is 3. The quantitative estimate of drug-likeness (QED) is 0.841. The second kappa shape index (κ2) is 8.25. The van der Waals surface area contributed by atoms with Crippen LogP contribution in [0.15, 0.2) is 12.1 Å². The predicted octanol–water partition coefficient (Wildman–Crippen LogP) is 2.65. The van der Waals surface area contributed by atoms with Crippen molar-refractivity contribution in [2.45, 2.75) is 20.8 Å². The zero-order chi connectivity index (χ0) is 16.0. The van der Waals surface area contributed by atoms with Crippen LogP contribution in [0.25, 0.3) is 0 Å². The molecule has 1 atom stereocenters. The first-order chi connectivity index (χ1) is 9.79. The summed E-state index contributed by atoms with van der Waals surface area (Å²) in [6.45, 7) is 7.56. The van der Waals surface area contributed by atoms with E-state index in [9.17, 15) is 4.79 Å². The number of carbonyl (C=O) groups is 1. The first-order valence-electron chi connectivity index (χ1n) is 7.10. The molecule has 0 saturated heterocycles. The topological polar surface area (TPSA) is 41.6 Å². The van der Waals surface area contributed by atoms with Crippen LogP contribution in [-0.2, 0) is 4.79 Å². The van der Waals surface area contributed by atoms with Gasteiger partial charge in [0.05, 0.1) is 0 Å². The molecule has 1 unspecified atom stereocenters. The highest BCUT2D eigenvalue weighted by molar-refractivity contribution is 6.32. The van der Waals surface area contributed by atoms with Gasteiger partial charge in [-0.3, -0.25) is 4.79 Å². The van der Waals surface area contributed by atoms with Crippen LogP contribution in [0.4, 0.5) is 0 Å². The van der Waals surface area contributed by atoms with E-state index in [1.54, 1.807) is 0 Å². The van der Waals surface area contributed by atoms with Gasteiger partial charge in [0.2, 0.25) is 0 Å². The minimum Gasteiger partial charge on any atom is -0.484 e. The van der Waals surface area contributed by atoms with Crippen molar-refractivity contribution < 1.29 is 9.53 Å². The van der Waals surface area contributed by atoms with Crippen molar-refractivity contribution in [3.05, 3.63) is 28.3 Å². The summed E-state index contributed by atoms with van der Waals surface area (Å²) in [7, 11) is 4.04. The third kappa shape index (κ3) is 6.36. The minimum absolute atomic E-state index is 0.0230. The van der Waals surface area contributed by atoms with Gasteiger partial charge in [-0.25, -0.2) is 0 Å². The molecular formula is C16H25ClN2O2. The van der Waals surface area contributed by atoms with Gasteiger partial charge in [-0.1, -0.05) is 18.5 Å². The summed E-state index contributed by atoms with van der Waals surface area (Å²) in [4.78, 5) is 13.9. The molecule has 5 heteroatoms. The molecule has 0 aliphatic rings. The average Bonchev–Trinajstić information content (AvgIpc) is 2.39. The lowest BCUT2D eigenvalue weighted by atomic mass is 10.1. The third-order valence-corrected chi connectivity index (χ3v) is 3.70. The zero-order valence-corrected chi connectivity index (χ0v) is 14.3. The number of benzene rings is 1. The SMILES string of the molecule is Cc1cc(OCC(=O)NCC(C)CN(C)C)cc(C)c1Cl. The number of ether oxygens (including phenoxy) is 1. The first kappa shape index (κ1) is 17.8. The molecule has 1 rings (SSSR count). The minimum atomic E-state index is -0.106. The lowest BCUT2D eigenvalue weighted by Gasteiger charge is -2.17. The molecule has 0 aliphatic heterocycles. The Balaban J connectivity index is 2.40. The summed E-state index contributed by atoms with van der Waals surface area (Å²) >= 11 is 6.10. The van der Waals surface area contributed by atoms with E-state index < -0.39 is 0 Å². The van der Waals surface area contributed by atoms with Crippen molar-refractivity contribution in [1.29, 1.82) is 0 Å². The van der Waals surface area contributed by atoms with Gasteiger partial charge in [0.1, 0.15) is 5.75 Å². The van der Waals surface area contributed by atoms with Gasteiger partial charge in [-0.05, 0) is 57.1 Å². The van der Waals surface area contributed by atoms with Gasteiger partial charge in [-0.15, -0.1) is 0 Å². The summed E-state index contributed by atoms with van der Waals surface area (Å²) in [5.41, 5.74) is 1.90. The molecule has 0 heterocycles. The number of halogens is 1. The third-order valence-electron chi connectivity index (χ3n) is 3.10. The summed E-state index contributed by atoms with van der Waals surface area (Å²) in [5, 5.41) is 3.62. The second-order valence-corrected chi connectivity index (χ2v) is 6.21. The fourth-order valence-electron chi connectivity index (χ4n) is 2.17. The molecule has 1 aromatic carbocycles. The van der Waals surface area contributed by atoms with E-state index in [2.05, 4.69) is 17.1 Å². The Labute approximate surface area is 132 Å². The number of nitrogens with zero attached hydrogens (tertiary/aromatic N) is 1. The molecule has 0 aromatic heterocycles.